The van der Waals surface area contributed by atoms with Gasteiger partial charge in [0, 0.05) is 0 Å². The van der Waals surface area contributed by atoms with Gasteiger partial charge in [-0.2, -0.15) is 5.92 Å². The Bertz CT molecular complexity index is 182. The van der Waals surface area contributed by atoms with Gasteiger partial charge in [-0.3, -0.25) is 9.59 Å². The SMILES string of the molecule is O=C(O)CC(=O)O.[CH2-]C(C)C(C)(C)C.[Na+]. The van der Waals surface area contributed by atoms with E-state index < -0.39 is 18.4 Å². The third-order valence-electron chi connectivity index (χ3n) is 1.78. The van der Waals surface area contributed by atoms with Crippen molar-refractivity contribution in [1.29, 1.82) is 0 Å². The number of hydrogen-bond acceptors (Lipinski definition) is 2. The summed E-state index contributed by atoms with van der Waals surface area (Å²) >= 11 is 0. The molecular formula is C10H19NaO4. The average molecular weight is 226 g/mol. The first-order valence-corrected chi connectivity index (χ1v) is 4.34. The van der Waals surface area contributed by atoms with Gasteiger partial charge in [0.2, 0.25) is 0 Å². The molecule has 0 amide bonds. The summed E-state index contributed by atoms with van der Waals surface area (Å²) in [4.78, 5) is 18.9. The molecular weight excluding hydrogens is 207 g/mol. The van der Waals surface area contributed by atoms with Gasteiger partial charge in [-0.15, -0.1) is 0 Å². The van der Waals surface area contributed by atoms with E-state index in [0.717, 1.165) is 0 Å². The van der Waals surface area contributed by atoms with E-state index in [2.05, 4.69) is 34.6 Å². The van der Waals surface area contributed by atoms with Crippen LogP contribution in [0.3, 0.4) is 0 Å². The quantitative estimate of drug-likeness (QED) is 0.362. The van der Waals surface area contributed by atoms with E-state index >= 15 is 0 Å². The van der Waals surface area contributed by atoms with Crippen LogP contribution in [0.25, 0.3) is 0 Å². The standard InChI is InChI=1S/C7H15.C3H4O4.Na/c1-6(2)7(3,4)5;4-2(5)1-3(6)7;/h6H,1H2,2-5H3;1H2,(H,4,5)(H,6,7);/q-1;;+1. The number of carbonyl (C=O) groups is 2. The Kier molecular flexibility index (Phi) is 12.5. The maximum Gasteiger partial charge on any atom is 1.00 e. The molecule has 0 saturated carbocycles. The largest absolute Gasteiger partial charge is 1.00 e. The summed E-state index contributed by atoms with van der Waals surface area (Å²) in [6.45, 7) is 12.6. The normalized spacial score (nSPS) is 11.5. The van der Waals surface area contributed by atoms with Crippen LogP contribution in [0.15, 0.2) is 0 Å². The van der Waals surface area contributed by atoms with E-state index in [-0.39, 0.29) is 29.6 Å². The summed E-state index contributed by atoms with van der Waals surface area (Å²) in [6.07, 6.45) is -0.806. The number of rotatable bonds is 2. The molecule has 1 unspecified atom stereocenters. The fourth-order valence-electron chi connectivity index (χ4n) is 0.129. The number of aliphatic carboxylic acids is 2. The summed E-state index contributed by atoms with van der Waals surface area (Å²) in [7, 11) is 0. The van der Waals surface area contributed by atoms with Gasteiger partial charge in [0.1, 0.15) is 6.42 Å². The molecule has 0 aliphatic carbocycles. The molecule has 0 rings (SSSR count). The minimum absolute atomic E-state index is 0. The van der Waals surface area contributed by atoms with Crippen LogP contribution >= 0.6 is 0 Å². The minimum Gasteiger partial charge on any atom is -0.481 e. The third-order valence-corrected chi connectivity index (χ3v) is 1.78. The Morgan fingerprint density at radius 1 is 1.20 bits per heavy atom. The summed E-state index contributed by atoms with van der Waals surface area (Å²) < 4.78 is 0. The smallest absolute Gasteiger partial charge is 0.481 e. The maximum absolute atomic E-state index is 9.43. The van der Waals surface area contributed by atoms with Gasteiger partial charge >= 0.3 is 41.5 Å². The van der Waals surface area contributed by atoms with Gasteiger partial charge in [-0.05, 0) is 0 Å². The van der Waals surface area contributed by atoms with Crippen molar-refractivity contribution >= 4 is 11.9 Å². The van der Waals surface area contributed by atoms with Crippen LogP contribution in [0, 0.1) is 18.3 Å². The molecule has 0 heterocycles. The molecule has 0 aromatic carbocycles. The molecule has 0 spiro atoms. The predicted octanol–water partition coefficient (Wildman–Crippen LogP) is -0.948. The Morgan fingerprint density at radius 2 is 1.40 bits per heavy atom. The summed E-state index contributed by atoms with van der Waals surface area (Å²) in [5.41, 5.74) is 0.389. The van der Waals surface area contributed by atoms with E-state index in [0.29, 0.717) is 11.3 Å². The molecule has 0 radical (unpaired) electrons. The van der Waals surface area contributed by atoms with Crippen LogP contribution in [-0.4, -0.2) is 22.2 Å². The zero-order valence-corrected chi connectivity index (χ0v) is 12.2. The Balaban J connectivity index is -0.000000180. The molecule has 5 heteroatoms. The topological polar surface area (TPSA) is 74.6 Å². The molecule has 0 aliphatic rings. The molecule has 0 aromatic rings. The first kappa shape index (κ1) is 20.4. The minimum atomic E-state index is -1.31. The van der Waals surface area contributed by atoms with Crippen LogP contribution in [0.4, 0.5) is 0 Å². The number of carboxylic acid groups (broad SMARTS) is 2. The summed E-state index contributed by atoms with van der Waals surface area (Å²) in [5, 5.41) is 15.4. The molecule has 0 saturated heterocycles. The number of hydrogen-bond donors (Lipinski definition) is 2. The van der Waals surface area contributed by atoms with Gasteiger partial charge in [-0.25, -0.2) is 0 Å². The van der Waals surface area contributed by atoms with Gasteiger partial charge in [-0.1, -0.05) is 33.1 Å². The average Bonchev–Trinajstić information content (AvgIpc) is 1.81. The zero-order chi connectivity index (χ0) is 11.9. The molecule has 1 atom stereocenters. The Hall–Kier alpha value is -0.0600. The molecule has 84 valence electrons. The van der Waals surface area contributed by atoms with E-state index in [1.54, 1.807) is 0 Å². The summed E-state index contributed by atoms with van der Waals surface area (Å²) in [6, 6.07) is 0. The van der Waals surface area contributed by atoms with E-state index in [4.69, 9.17) is 10.2 Å². The first-order valence-electron chi connectivity index (χ1n) is 4.34. The van der Waals surface area contributed by atoms with Crippen molar-refractivity contribution in [3.63, 3.8) is 0 Å². The van der Waals surface area contributed by atoms with Crippen molar-refractivity contribution in [2.45, 2.75) is 34.1 Å². The van der Waals surface area contributed by atoms with Crippen LogP contribution in [0.2, 0.25) is 0 Å². The molecule has 0 fully saturated rings. The molecule has 15 heavy (non-hydrogen) atoms. The van der Waals surface area contributed by atoms with Crippen molar-refractivity contribution in [3.8, 4) is 0 Å². The van der Waals surface area contributed by atoms with E-state index in [9.17, 15) is 9.59 Å². The third kappa shape index (κ3) is 20.1. The maximum atomic E-state index is 9.43. The van der Waals surface area contributed by atoms with Gasteiger partial charge < -0.3 is 17.1 Å². The van der Waals surface area contributed by atoms with Crippen molar-refractivity contribution in [2.75, 3.05) is 0 Å². The fraction of sp³-hybridized carbons (Fsp3) is 0.700. The van der Waals surface area contributed by atoms with Gasteiger partial charge in [0.05, 0.1) is 0 Å². The van der Waals surface area contributed by atoms with Crippen molar-refractivity contribution < 1.29 is 49.4 Å². The predicted molar refractivity (Wildman–Crippen MR) is 53.9 cm³/mol. The zero-order valence-electron chi connectivity index (χ0n) is 10.2. The van der Waals surface area contributed by atoms with E-state index in [1.165, 1.54) is 0 Å². The van der Waals surface area contributed by atoms with Crippen LogP contribution in [0.5, 0.6) is 0 Å². The second-order valence-corrected chi connectivity index (χ2v) is 4.23. The van der Waals surface area contributed by atoms with Crippen LogP contribution in [-0.2, 0) is 9.59 Å². The van der Waals surface area contributed by atoms with Crippen LogP contribution in [0.1, 0.15) is 34.1 Å². The Labute approximate surface area is 113 Å². The molecule has 0 aromatic heterocycles. The second kappa shape index (κ2) is 9.19. The second-order valence-electron chi connectivity index (χ2n) is 4.23. The molecule has 2 N–H and O–H groups in total. The van der Waals surface area contributed by atoms with Gasteiger partial charge in [0.25, 0.3) is 0 Å². The first-order chi connectivity index (χ1) is 6.07. The number of carboxylic acids is 2. The van der Waals surface area contributed by atoms with E-state index in [1.807, 2.05) is 0 Å². The van der Waals surface area contributed by atoms with Crippen LogP contribution < -0.4 is 29.6 Å². The van der Waals surface area contributed by atoms with Crippen molar-refractivity contribution in [3.05, 3.63) is 6.92 Å². The van der Waals surface area contributed by atoms with Crippen molar-refractivity contribution in [2.24, 2.45) is 11.3 Å². The molecule has 0 bridgehead atoms. The molecule has 4 nitrogen and oxygen atoms in total. The summed E-state index contributed by atoms with van der Waals surface area (Å²) in [5.74, 6) is -2.08. The monoisotopic (exact) mass is 226 g/mol. The molecule has 0 aliphatic heterocycles. The van der Waals surface area contributed by atoms with Crippen molar-refractivity contribution in [1.82, 2.24) is 0 Å². The van der Waals surface area contributed by atoms with Gasteiger partial charge in [0.15, 0.2) is 0 Å². The Morgan fingerprint density at radius 3 is 1.40 bits per heavy atom. The fourth-order valence-corrected chi connectivity index (χ4v) is 0.129.